The van der Waals surface area contributed by atoms with Crippen molar-refractivity contribution in [3.63, 3.8) is 0 Å². The zero-order valence-corrected chi connectivity index (χ0v) is 12.5. The summed E-state index contributed by atoms with van der Waals surface area (Å²) >= 11 is 0. The monoisotopic (exact) mass is 310 g/mol. The Hall–Kier alpha value is -2.62. The summed E-state index contributed by atoms with van der Waals surface area (Å²) in [5, 5.41) is 9.57. The van der Waals surface area contributed by atoms with E-state index in [0.717, 1.165) is 36.2 Å². The minimum absolute atomic E-state index is 0. The second-order valence-corrected chi connectivity index (χ2v) is 5.17. The van der Waals surface area contributed by atoms with Crippen molar-refractivity contribution in [2.24, 2.45) is 4.99 Å². The summed E-state index contributed by atoms with van der Waals surface area (Å²) < 4.78 is 5.35. The molecule has 1 aliphatic heterocycles. The van der Waals surface area contributed by atoms with Crippen molar-refractivity contribution in [3.05, 3.63) is 59.4 Å². The average Bonchev–Trinajstić information content (AvgIpc) is 2.57. The third-order valence-electron chi connectivity index (χ3n) is 3.66. The van der Waals surface area contributed by atoms with E-state index in [1.54, 1.807) is 25.4 Å². The highest BCUT2D eigenvalue weighted by atomic mass is 16.5. The summed E-state index contributed by atoms with van der Waals surface area (Å²) in [5.41, 5.74) is 4.14. The van der Waals surface area contributed by atoms with Crippen molar-refractivity contribution >= 4 is 11.8 Å². The Morgan fingerprint density at radius 3 is 2.87 bits per heavy atom. The number of pyridine rings is 1. The minimum Gasteiger partial charge on any atom is -0.508 e. The molecule has 1 aromatic heterocycles. The van der Waals surface area contributed by atoms with E-state index < -0.39 is 0 Å². The summed E-state index contributed by atoms with van der Waals surface area (Å²) in [6.45, 7) is 0.842. The second kappa shape index (κ2) is 7.58. The first kappa shape index (κ1) is 16.7. The van der Waals surface area contributed by atoms with E-state index in [4.69, 9.17) is 4.74 Å². The molecule has 2 heterocycles. The number of methoxy groups -OCH3 is 1. The number of aliphatic imine (C=N–C) groups is 1. The van der Waals surface area contributed by atoms with Gasteiger partial charge in [0.1, 0.15) is 11.5 Å². The molecule has 120 valence electrons. The van der Waals surface area contributed by atoms with Crippen LogP contribution in [0.25, 0.3) is 6.08 Å². The highest BCUT2D eigenvalue weighted by molar-refractivity contribution is 6.15. The average molecular weight is 310 g/mol. The first-order valence-corrected chi connectivity index (χ1v) is 7.31. The van der Waals surface area contributed by atoms with Crippen LogP contribution >= 0.6 is 0 Å². The van der Waals surface area contributed by atoms with Gasteiger partial charge in [0.2, 0.25) is 0 Å². The van der Waals surface area contributed by atoms with Crippen LogP contribution in [0.4, 0.5) is 0 Å². The van der Waals surface area contributed by atoms with Crippen LogP contribution in [0.15, 0.2) is 53.3 Å². The van der Waals surface area contributed by atoms with Crippen molar-refractivity contribution < 1.29 is 9.84 Å². The predicted molar refractivity (Wildman–Crippen MR) is 94.2 cm³/mol. The lowest BCUT2D eigenvalue weighted by atomic mass is 9.94. The number of aromatic nitrogens is 1. The van der Waals surface area contributed by atoms with E-state index in [1.165, 1.54) is 5.57 Å². The van der Waals surface area contributed by atoms with Gasteiger partial charge in [-0.3, -0.25) is 9.98 Å². The van der Waals surface area contributed by atoms with Gasteiger partial charge >= 0.3 is 0 Å². The number of ether oxygens (including phenoxy) is 1. The second-order valence-electron chi connectivity index (χ2n) is 5.17. The molecule has 23 heavy (non-hydrogen) atoms. The molecular formula is C19H22N2O2. The molecule has 0 spiro atoms. The Balaban J connectivity index is 0.00000192. The zero-order valence-electron chi connectivity index (χ0n) is 12.5. The van der Waals surface area contributed by atoms with Gasteiger partial charge in [-0.1, -0.05) is 7.43 Å². The molecular weight excluding hydrogens is 288 g/mol. The smallest absolute Gasteiger partial charge is 0.129 e. The molecule has 1 N–H and O–H groups in total. The van der Waals surface area contributed by atoms with Crippen molar-refractivity contribution in [2.75, 3.05) is 13.7 Å². The highest BCUT2D eigenvalue weighted by Crippen LogP contribution is 2.28. The van der Waals surface area contributed by atoms with Crippen molar-refractivity contribution in [3.8, 4) is 11.5 Å². The summed E-state index contributed by atoms with van der Waals surface area (Å²) in [5.74, 6) is 0.854. The lowest BCUT2D eigenvalue weighted by Crippen LogP contribution is -2.12. The Morgan fingerprint density at radius 1 is 1.26 bits per heavy atom. The Labute approximate surface area is 137 Å². The van der Waals surface area contributed by atoms with Gasteiger partial charge in [-0.05, 0) is 48.8 Å². The van der Waals surface area contributed by atoms with Crippen molar-refractivity contribution in [1.29, 1.82) is 0 Å². The molecule has 0 aliphatic carbocycles. The number of phenols is 1. The summed E-state index contributed by atoms with van der Waals surface area (Å²) in [6, 6.07) is 9.09. The molecule has 0 fully saturated rings. The number of rotatable bonds is 3. The van der Waals surface area contributed by atoms with Crippen molar-refractivity contribution in [1.82, 2.24) is 4.98 Å². The van der Waals surface area contributed by atoms with Gasteiger partial charge in [-0.15, -0.1) is 0 Å². The van der Waals surface area contributed by atoms with E-state index >= 15 is 0 Å². The standard InChI is InChI=1S/C18H18N2O2.CH4/c1-22-17-11-16(21)7-6-13(17)10-14-4-3-9-20-18(14)15-5-2-8-19-12-15;/h2,5-8,10-12,21H,3-4,9H2,1H3;1H4/b14-10+;. The van der Waals surface area contributed by atoms with Crippen LogP contribution in [0.2, 0.25) is 0 Å². The van der Waals surface area contributed by atoms with E-state index in [9.17, 15) is 5.11 Å². The largest absolute Gasteiger partial charge is 0.508 e. The SMILES string of the molecule is C.COc1cc(O)ccc1/C=C1\CCCN=C1c1cccnc1. The van der Waals surface area contributed by atoms with E-state index in [1.807, 2.05) is 24.4 Å². The highest BCUT2D eigenvalue weighted by Gasteiger charge is 2.15. The van der Waals surface area contributed by atoms with E-state index in [-0.39, 0.29) is 13.2 Å². The fourth-order valence-corrected chi connectivity index (χ4v) is 2.61. The normalized spacial score (nSPS) is 15.7. The topological polar surface area (TPSA) is 54.7 Å². The Morgan fingerprint density at radius 2 is 2.13 bits per heavy atom. The Kier molecular flexibility index (Phi) is 5.52. The molecule has 4 nitrogen and oxygen atoms in total. The van der Waals surface area contributed by atoms with Crippen LogP contribution < -0.4 is 4.74 Å². The molecule has 0 bridgehead atoms. The number of aromatic hydroxyl groups is 1. The fraction of sp³-hybridized carbons (Fsp3) is 0.263. The van der Waals surface area contributed by atoms with Crippen LogP contribution in [-0.4, -0.2) is 29.5 Å². The van der Waals surface area contributed by atoms with E-state index in [2.05, 4.69) is 16.1 Å². The number of allylic oxidation sites excluding steroid dienone is 1. The molecule has 0 radical (unpaired) electrons. The lowest BCUT2D eigenvalue weighted by molar-refractivity contribution is 0.406. The molecule has 1 aromatic carbocycles. The molecule has 3 rings (SSSR count). The maximum atomic E-state index is 9.57. The van der Waals surface area contributed by atoms with Gasteiger partial charge in [-0.25, -0.2) is 0 Å². The number of benzene rings is 1. The van der Waals surface area contributed by atoms with Crippen LogP contribution in [-0.2, 0) is 0 Å². The summed E-state index contributed by atoms with van der Waals surface area (Å²) in [7, 11) is 1.60. The van der Waals surface area contributed by atoms with Gasteiger partial charge in [-0.2, -0.15) is 0 Å². The van der Waals surface area contributed by atoms with Crippen LogP contribution in [0, 0.1) is 0 Å². The van der Waals surface area contributed by atoms with Gasteiger partial charge in [0.25, 0.3) is 0 Å². The van der Waals surface area contributed by atoms with Crippen LogP contribution in [0.3, 0.4) is 0 Å². The Bertz CT molecular complexity index is 721. The van der Waals surface area contributed by atoms with E-state index in [0.29, 0.717) is 5.75 Å². The third-order valence-corrected chi connectivity index (χ3v) is 3.66. The molecule has 4 heteroatoms. The lowest BCUT2D eigenvalue weighted by Gasteiger charge is -2.17. The molecule has 0 amide bonds. The summed E-state index contributed by atoms with van der Waals surface area (Å²) in [4.78, 5) is 8.85. The molecule has 0 atom stereocenters. The maximum Gasteiger partial charge on any atom is 0.129 e. The number of hydrogen-bond donors (Lipinski definition) is 1. The maximum absolute atomic E-state index is 9.57. The number of hydrogen-bond acceptors (Lipinski definition) is 4. The summed E-state index contributed by atoms with van der Waals surface area (Å²) in [6.07, 6.45) is 7.70. The van der Waals surface area contributed by atoms with Gasteiger partial charge in [0.05, 0.1) is 12.8 Å². The zero-order chi connectivity index (χ0) is 15.4. The van der Waals surface area contributed by atoms with Crippen LogP contribution in [0.1, 0.15) is 31.4 Å². The van der Waals surface area contributed by atoms with Gasteiger partial charge in [0.15, 0.2) is 0 Å². The molecule has 0 saturated carbocycles. The number of nitrogens with zero attached hydrogens (tertiary/aromatic N) is 2. The number of phenolic OH excluding ortho intramolecular Hbond substituents is 1. The fourth-order valence-electron chi connectivity index (χ4n) is 2.61. The molecule has 0 unspecified atom stereocenters. The molecule has 1 aliphatic rings. The van der Waals surface area contributed by atoms with Crippen molar-refractivity contribution in [2.45, 2.75) is 20.3 Å². The van der Waals surface area contributed by atoms with Gasteiger partial charge in [0, 0.05) is 36.1 Å². The first-order chi connectivity index (χ1) is 10.8. The predicted octanol–water partition coefficient (Wildman–Crippen LogP) is 4.10. The molecule has 2 aromatic rings. The minimum atomic E-state index is 0. The quantitative estimate of drug-likeness (QED) is 0.928. The van der Waals surface area contributed by atoms with Gasteiger partial charge < -0.3 is 9.84 Å². The molecule has 0 saturated heterocycles. The first-order valence-electron chi connectivity index (χ1n) is 7.31. The third kappa shape index (κ3) is 3.77. The van der Waals surface area contributed by atoms with Crippen LogP contribution in [0.5, 0.6) is 11.5 Å².